The number of hydrogen-bond acceptors (Lipinski definition) is 5. The van der Waals surface area contributed by atoms with E-state index in [1.807, 2.05) is 53.9 Å². The van der Waals surface area contributed by atoms with Crippen molar-refractivity contribution >= 4 is 34.4 Å². The Morgan fingerprint density at radius 2 is 2.00 bits per heavy atom. The third-order valence-electron chi connectivity index (χ3n) is 4.01. The van der Waals surface area contributed by atoms with Gasteiger partial charge in [-0.05, 0) is 42.3 Å². The molecule has 0 saturated carbocycles. The molecule has 0 fully saturated rings. The summed E-state index contributed by atoms with van der Waals surface area (Å²) >= 11 is 0. The number of anilines is 2. The number of carbonyl (C=O) groups is 1. The molecule has 2 aromatic heterocycles. The van der Waals surface area contributed by atoms with Crippen LogP contribution in [0.4, 0.5) is 11.6 Å². The van der Waals surface area contributed by atoms with Crippen LogP contribution < -0.4 is 5.32 Å². The summed E-state index contributed by atoms with van der Waals surface area (Å²) in [6.07, 6.45) is 0.261. The zero-order valence-corrected chi connectivity index (χ0v) is 13.9. The molecule has 7 nitrogen and oxygen atoms in total. The summed E-state index contributed by atoms with van der Waals surface area (Å²) < 4.78 is 6.52. The molecule has 2 N–H and O–H groups in total. The van der Waals surface area contributed by atoms with E-state index < -0.39 is 0 Å². The van der Waals surface area contributed by atoms with Gasteiger partial charge >= 0.3 is 5.97 Å². The van der Waals surface area contributed by atoms with Crippen molar-refractivity contribution in [1.82, 2.24) is 19.6 Å². The summed E-state index contributed by atoms with van der Waals surface area (Å²) in [6.45, 7) is 2.04. The van der Waals surface area contributed by atoms with Gasteiger partial charge in [0, 0.05) is 5.69 Å². The molecule has 2 heterocycles. The molecule has 126 valence electrons. The first-order valence-electron chi connectivity index (χ1n) is 7.90. The molecule has 0 radical (unpaired) electrons. The highest BCUT2D eigenvalue weighted by Gasteiger charge is 2.10. The Morgan fingerprint density at radius 3 is 2.76 bits per heavy atom. The molecule has 4 rings (SSSR count). The van der Waals surface area contributed by atoms with Crippen molar-refractivity contribution in [2.75, 3.05) is 12.4 Å². The minimum absolute atomic E-state index is 0.255. The molecule has 0 atom stereocenters. The summed E-state index contributed by atoms with van der Waals surface area (Å²) in [4.78, 5) is 20.3. The van der Waals surface area contributed by atoms with Crippen molar-refractivity contribution in [2.24, 2.45) is 0 Å². The van der Waals surface area contributed by atoms with Crippen molar-refractivity contribution in [2.45, 2.75) is 13.3 Å². The van der Waals surface area contributed by atoms with Gasteiger partial charge in [-0.15, -0.1) is 0 Å². The number of nitrogens with one attached hydrogen (secondary N) is 2. The average molecular weight is 335 g/mol. The summed E-state index contributed by atoms with van der Waals surface area (Å²) in [5.41, 5.74) is 4.82. The second kappa shape index (κ2) is 5.94. The van der Waals surface area contributed by atoms with Crippen molar-refractivity contribution in [3.63, 3.8) is 0 Å². The second-order valence-corrected chi connectivity index (χ2v) is 5.89. The van der Waals surface area contributed by atoms with E-state index in [-0.39, 0.29) is 12.4 Å². The molecule has 2 aromatic carbocycles. The lowest BCUT2D eigenvalue weighted by Crippen LogP contribution is -2.04. The van der Waals surface area contributed by atoms with Crippen LogP contribution in [-0.2, 0) is 16.0 Å². The number of H-pyrrole nitrogens is 1. The van der Waals surface area contributed by atoms with Crippen molar-refractivity contribution in [1.29, 1.82) is 0 Å². The molecule has 4 aromatic rings. The van der Waals surface area contributed by atoms with E-state index in [4.69, 9.17) is 0 Å². The maximum Gasteiger partial charge on any atom is 0.309 e. The summed E-state index contributed by atoms with van der Waals surface area (Å²) in [7, 11) is 1.39. The first-order chi connectivity index (χ1) is 12.1. The predicted molar refractivity (Wildman–Crippen MR) is 95.0 cm³/mol. The Hall–Kier alpha value is -3.35. The number of benzene rings is 2. The van der Waals surface area contributed by atoms with Crippen molar-refractivity contribution < 1.29 is 9.53 Å². The summed E-state index contributed by atoms with van der Waals surface area (Å²) in [6, 6.07) is 13.6. The van der Waals surface area contributed by atoms with Crippen LogP contribution in [0.5, 0.6) is 0 Å². The van der Waals surface area contributed by atoms with Crippen LogP contribution in [0.25, 0.3) is 16.8 Å². The van der Waals surface area contributed by atoms with Crippen LogP contribution in [0.2, 0.25) is 0 Å². The van der Waals surface area contributed by atoms with Crippen LogP contribution in [0.3, 0.4) is 0 Å². The number of aryl methyl sites for hydroxylation is 1. The fourth-order valence-corrected chi connectivity index (χ4v) is 2.73. The Bertz CT molecular complexity index is 1060. The Balaban J connectivity index is 1.57. The second-order valence-electron chi connectivity index (χ2n) is 5.89. The molecule has 0 aliphatic rings. The van der Waals surface area contributed by atoms with Gasteiger partial charge in [0.1, 0.15) is 0 Å². The number of nitrogens with zero attached hydrogens (tertiary/aromatic N) is 3. The molecule has 0 spiro atoms. The van der Waals surface area contributed by atoms with Gasteiger partial charge in [-0.3, -0.25) is 9.89 Å². The molecule has 0 unspecified atom stereocenters. The number of carbonyl (C=O) groups excluding carboxylic acids is 1. The number of rotatable bonds is 4. The van der Waals surface area contributed by atoms with Crippen LogP contribution in [0.15, 0.2) is 42.5 Å². The first-order valence-corrected chi connectivity index (χ1v) is 7.90. The Labute approximate surface area is 143 Å². The smallest absolute Gasteiger partial charge is 0.309 e. The van der Waals surface area contributed by atoms with E-state index >= 15 is 0 Å². The maximum atomic E-state index is 11.3. The number of imidazole rings is 1. The van der Waals surface area contributed by atoms with E-state index in [9.17, 15) is 4.79 Å². The largest absolute Gasteiger partial charge is 0.469 e. The number of aromatic nitrogens is 4. The zero-order valence-electron chi connectivity index (χ0n) is 13.9. The third kappa shape index (κ3) is 2.91. The van der Waals surface area contributed by atoms with E-state index in [0.29, 0.717) is 11.7 Å². The third-order valence-corrected chi connectivity index (χ3v) is 4.01. The molecule has 7 heteroatoms. The highest BCUT2D eigenvalue weighted by molar-refractivity contribution is 5.80. The average Bonchev–Trinajstić information content (AvgIpc) is 3.13. The number of hydrogen-bond donors (Lipinski definition) is 2. The number of methoxy groups -OCH3 is 1. The normalized spacial score (nSPS) is 11.1. The van der Waals surface area contributed by atoms with E-state index in [0.717, 1.165) is 22.3 Å². The van der Waals surface area contributed by atoms with Gasteiger partial charge in [-0.1, -0.05) is 18.2 Å². The van der Waals surface area contributed by atoms with Gasteiger partial charge in [0.2, 0.25) is 5.95 Å². The Morgan fingerprint density at radius 1 is 1.20 bits per heavy atom. The topological polar surface area (TPSA) is 84.3 Å². The SMILES string of the molecule is COC(=O)Cc1ccc(Nc2nc3nc4cc(C)ccc4n3[nH]2)cc1. The van der Waals surface area contributed by atoms with E-state index in [1.54, 1.807) is 0 Å². The zero-order chi connectivity index (χ0) is 17.4. The minimum atomic E-state index is -0.255. The van der Waals surface area contributed by atoms with E-state index in [2.05, 4.69) is 25.1 Å². The van der Waals surface area contributed by atoms with Crippen LogP contribution in [-0.4, -0.2) is 32.7 Å². The lowest BCUT2D eigenvalue weighted by atomic mass is 10.1. The highest BCUT2D eigenvalue weighted by atomic mass is 16.5. The number of aromatic amines is 1. The fourth-order valence-electron chi connectivity index (χ4n) is 2.73. The standard InChI is InChI=1S/C18H17N5O2/c1-11-3-8-15-14(9-11)20-18-21-17(22-23(15)18)19-13-6-4-12(5-7-13)10-16(24)25-2/h3-9H,10H2,1-2H3,(H2,19,20,21,22). The summed E-state index contributed by atoms with van der Waals surface area (Å²) in [5.74, 6) is 0.964. The fraction of sp³-hybridized carbons (Fsp3) is 0.167. The quantitative estimate of drug-likeness (QED) is 0.560. The lowest BCUT2D eigenvalue weighted by Gasteiger charge is -2.04. The predicted octanol–water partition coefficient (Wildman–Crippen LogP) is 2.98. The van der Waals surface area contributed by atoms with Gasteiger partial charge in [-0.25, -0.2) is 9.50 Å². The first kappa shape index (κ1) is 15.2. The van der Waals surface area contributed by atoms with Gasteiger partial charge < -0.3 is 10.1 Å². The van der Waals surface area contributed by atoms with Gasteiger partial charge in [0.25, 0.3) is 5.78 Å². The molecular weight excluding hydrogens is 318 g/mol. The minimum Gasteiger partial charge on any atom is -0.469 e. The van der Waals surface area contributed by atoms with Crippen LogP contribution >= 0.6 is 0 Å². The van der Waals surface area contributed by atoms with Crippen molar-refractivity contribution in [3.8, 4) is 0 Å². The van der Waals surface area contributed by atoms with Gasteiger partial charge in [0.15, 0.2) is 0 Å². The molecular formula is C18H17N5O2. The van der Waals surface area contributed by atoms with Crippen LogP contribution in [0, 0.1) is 6.92 Å². The molecule has 0 bridgehead atoms. The Kier molecular flexibility index (Phi) is 3.61. The highest BCUT2D eigenvalue weighted by Crippen LogP contribution is 2.20. The number of fused-ring (bicyclic) bond motifs is 3. The van der Waals surface area contributed by atoms with Gasteiger partial charge in [-0.2, -0.15) is 4.98 Å². The monoisotopic (exact) mass is 335 g/mol. The number of esters is 1. The number of ether oxygens (including phenoxy) is 1. The van der Waals surface area contributed by atoms with E-state index in [1.165, 1.54) is 12.7 Å². The summed E-state index contributed by atoms with van der Waals surface area (Å²) in [5, 5.41) is 6.41. The molecule has 25 heavy (non-hydrogen) atoms. The molecule has 0 aliphatic carbocycles. The van der Waals surface area contributed by atoms with Crippen LogP contribution in [0.1, 0.15) is 11.1 Å². The maximum absolute atomic E-state index is 11.3. The lowest BCUT2D eigenvalue weighted by molar-refractivity contribution is -0.139. The molecule has 0 saturated heterocycles. The molecule has 0 aliphatic heterocycles. The molecule has 0 amide bonds. The van der Waals surface area contributed by atoms with Gasteiger partial charge in [0.05, 0.1) is 24.6 Å². The van der Waals surface area contributed by atoms with Crippen molar-refractivity contribution in [3.05, 3.63) is 53.6 Å².